The van der Waals surface area contributed by atoms with Crippen molar-refractivity contribution in [1.82, 2.24) is 4.90 Å². The zero-order chi connectivity index (χ0) is 16.1. The van der Waals surface area contributed by atoms with Crippen molar-refractivity contribution in [3.05, 3.63) is 29.3 Å². The predicted octanol–water partition coefficient (Wildman–Crippen LogP) is 2.85. The molecule has 2 atom stereocenters. The Labute approximate surface area is 133 Å². The Morgan fingerprint density at radius 3 is 2.86 bits per heavy atom. The summed E-state index contributed by atoms with van der Waals surface area (Å²) in [6.07, 6.45) is 2.44. The van der Waals surface area contributed by atoms with Crippen molar-refractivity contribution < 1.29 is 9.53 Å². The van der Waals surface area contributed by atoms with Gasteiger partial charge in [-0.25, -0.2) is 0 Å². The molecule has 0 aromatic heterocycles. The molecular weight excluding hydrogens is 276 g/mol. The van der Waals surface area contributed by atoms with E-state index in [9.17, 15) is 4.79 Å². The predicted molar refractivity (Wildman–Crippen MR) is 89.3 cm³/mol. The number of carbonyl (C=O) groups is 1. The molecule has 1 aliphatic rings. The second-order valence-corrected chi connectivity index (χ2v) is 6.20. The Kier molecular flexibility index (Phi) is 5.98. The zero-order valence-corrected chi connectivity index (χ0v) is 14.0. The van der Waals surface area contributed by atoms with Crippen molar-refractivity contribution in [2.75, 3.05) is 19.7 Å². The number of Topliss-reactive ketones (excluding diaryl/α,β-unsaturated/α-hetero) is 1. The third-order valence-corrected chi connectivity index (χ3v) is 4.61. The Bertz CT molecular complexity index is 516. The minimum absolute atomic E-state index is 0.0895. The molecule has 0 amide bonds. The van der Waals surface area contributed by atoms with Crippen molar-refractivity contribution in [1.29, 1.82) is 0 Å². The van der Waals surface area contributed by atoms with Gasteiger partial charge < -0.3 is 10.5 Å². The number of ketones is 1. The highest BCUT2D eigenvalue weighted by Gasteiger charge is 2.28. The summed E-state index contributed by atoms with van der Waals surface area (Å²) in [4.78, 5) is 14.1. The van der Waals surface area contributed by atoms with Gasteiger partial charge in [0, 0.05) is 30.3 Å². The fraction of sp³-hybridized carbons (Fsp3) is 0.611. The molecule has 0 spiro atoms. The molecule has 4 nitrogen and oxygen atoms in total. The maximum absolute atomic E-state index is 11.7. The number of nitrogens with two attached hydrogens (primary N) is 1. The van der Waals surface area contributed by atoms with E-state index in [1.165, 1.54) is 12.8 Å². The van der Waals surface area contributed by atoms with Crippen LogP contribution < -0.4 is 10.5 Å². The van der Waals surface area contributed by atoms with Gasteiger partial charge in [0.1, 0.15) is 5.75 Å². The van der Waals surface area contributed by atoms with Crippen molar-refractivity contribution in [3.63, 3.8) is 0 Å². The molecule has 2 unspecified atom stereocenters. The third kappa shape index (κ3) is 3.87. The van der Waals surface area contributed by atoms with E-state index < -0.39 is 0 Å². The summed E-state index contributed by atoms with van der Waals surface area (Å²) in [5.41, 5.74) is 7.81. The maximum atomic E-state index is 11.7. The smallest absolute Gasteiger partial charge is 0.159 e. The molecule has 122 valence electrons. The topological polar surface area (TPSA) is 55.6 Å². The number of carbonyl (C=O) groups excluding carboxylic acids is 1. The molecule has 2 rings (SSSR count). The minimum atomic E-state index is 0.0895. The van der Waals surface area contributed by atoms with Gasteiger partial charge in [-0.05, 0) is 57.4 Å². The fourth-order valence-corrected chi connectivity index (χ4v) is 3.35. The van der Waals surface area contributed by atoms with Crippen LogP contribution in [0.2, 0.25) is 0 Å². The van der Waals surface area contributed by atoms with Crippen LogP contribution >= 0.6 is 0 Å². The summed E-state index contributed by atoms with van der Waals surface area (Å²) in [7, 11) is 0. The molecule has 1 fully saturated rings. The summed E-state index contributed by atoms with van der Waals surface area (Å²) in [5, 5.41) is 0. The van der Waals surface area contributed by atoms with Crippen LogP contribution in [0, 0.1) is 5.92 Å². The van der Waals surface area contributed by atoms with E-state index in [-0.39, 0.29) is 5.78 Å². The van der Waals surface area contributed by atoms with E-state index in [1.807, 2.05) is 25.1 Å². The number of piperidine rings is 1. The maximum Gasteiger partial charge on any atom is 0.159 e. The van der Waals surface area contributed by atoms with Crippen LogP contribution in [0.3, 0.4) is 0 Å². The lowest BCUT2D eigenvalue weighted by molar-refractivity contribution is 0.0975. The molecule has 1 heterocycles. The highest BCUT2D eigenvalue weighted by Crippen LogP contribution is 2.28. The molecular formula is C18H28N2O2. The van der Waals surface area contributed by atoms with E-state index in [1.54, 1.807) is 6.92 Å². The van der Waals surface area contributed by atoms with Crippen LogP contribution in [0.4, 0.5) is 0 Å². The molecule has 0 saturated carbocycles. The van der Waals surface area contributed by atoms with Gasteiger partial charge in [0.15, 0.2) is 5.78 Å². The van der Waals surface area contributed by atoms with Crippen LogP contribution in [0.15, 0.2) is 18.2 Å². The Hall–Kier alpha value is -1.39. The van der Waals surface area contributed by atoms with E-state index in [4.69, 9.17) is 10.5 Å². The first-order valence-corrected chi connectivity index (χ1v) is 8.27. The highest BCUT2D eigenvalue weighted by atomic mass is 16.5. The van der Waals surface area contributed by atoms with Gasteiger partial charge in [-0.1, -0.05) is 6.92 Å². The van der Waals surface area contributed by atoms with Gasteiger partial charge in [-0.3, -0.25) is 9.69 Å². The summed E-state index contributed by atoms with van der Waals surface area (Å²) in [6.45, 7) is 9.02. The monoisotopic (exact) mass is 304 g/mol. The van der Waals surface area contributed by atoms with Crippen LogP contribution in [-0.4, -0.2) is 36.4 Å². The van der Waals surface area contributed by atoms with Crippen molar-refractivity contribution in [2.24, 2.45) is 11.7 Å². The normalized spacial score (nSPS) is 22.5. The van der Waals surface area contributed by atoms with Gasteiger partial charge in [-0.15, -0.1) is 0 Å². The molecule has 2 N–H and O–H groups in total. The minimum Gasteiger partial charge on any atom is -0.494 e. The molecule has 1 aromatic carbocycles. The summed E-state index contributed by atoms with van der Waals surface area (Å²) < 4.78 is 5.74. The SMILES string of the molecule is CCOc1ccc(C(C)=O)cc1CN1CCCC(C)C1CN. The zero-order valence-electron chi connectivity index (χ0n) is 14.0. The average Bonchev–Trinajstić information content (AvgIpc) is 2.49. The molecule has 1 aromatic rings. The Morgan fingerprint density at radius 1 is 1.45 bits per heavy atom. The van der Waals surface area contributed by atoms with Gasteiger partial charge >= 0.3 is 0 Å². The number of hydrogen-bond donors (Lipinski definition) is 1. The molecule has 0 radical (unpaired) electrons. The molecule has 22 heavy (non-hydrogen) atoms. The first-order chi connectivity index (χ1) is 10.6. The third-order valence-electron chi connectivity index (χ3n) is 4.61. The number of rotatable bonds is 6. The Balaban J connectivity index is 2.25. The summed E-state index contributed by atoms with van der Waals surface area (Å²) >= 11 is 0. The van der Waals surface area contributed by atoms with E-state index in [0.717, 1.165) is 30.0 Å². The van der Waals surface area contributed by atoms with Crippen LogP contribution in [-0.2, 0) is 6.54 Å². The lowest BCUT2D eigenvalue weighted by Crippen LogP contribution is -2.48. The number of benzene rings is 1. The molecule has 4 heteroatoms. The number of ether oxygens (including phenoxy) is 1. The Morgan fingerprint density at radius 2 is 2.23 bits per heavy atom. The van der Waals surface area contributed by atoms with E-state index >= 15 is 0 Å². The van der Waals surface area contributed by atoms with E-state index in [2.05, 4.69) is 11.8 Å². The number of nitrogens with zero attached hydrogens (tertiary/aromatic N) is 1. The first-order valence-electron chi connectivity index (χ1n) is 8.27. The molecule has 0 aliphatic carbocycles. The van der Waals surface area contributed by atoms with Crippen LogP contribution in [0.5, 0.6) is 5.75 Å². The molecule has 1 aliphatic heterocycles. The van der Waals surface area contributed by atoms with Crippen LogP contribution in [0.1, 0.15) is 49.5 Å². The van der Waals surface area contributed by atoms with Gasteiger partial charge in [-0.2, -0.15) is 0 Å². The van der Waals surface area contributed by atoms with Crippen molar-refractivity contribution in [2.45, 2.75) is 46.2 Å². The largest absolute Gasteiger partial charge is 0.494 e. The molecule has 1 saturated heterocycles. The van der Waals surface area contributed by atoms with Gasteiger partial charge in [0.05, 0.1) is 6.61 Å². The second kappa shape index (κ2) is 7.75. The lowest BCUT2D eigenvalue weighted by Gasteiger charge is -2.39. The number of likely N-dealkylation sites (tertiary alicyclic amines) is 1. The first kappa shape index (κ1) is 17.0. The van der Waals surface area contributed by atoms with Crippen molar-refractivity contribution >= 4 is 5.78 Å². The fourth-order valence-electron chi connectivity index (χ4n) is 3.35. The highest BCUT2D eigenvalue weighted by molar-refractivity contribution is 5.94. The van der Waals surface area contributed by atoms with Crippen molar-refractivity contribution in [3.8, 4) is 5.75 Å². The van der Waals surface area contributed by atoms with Gasteiger partial charge in [0.25, 0.3) is 0 Å². The van der Waals surface area contributed by atoms with E-state index in [0.29, 0.717) is 25.1 Å². The van der Waals surface area contributed by atoms with Gasteiger partial charge in [0.2, 0.25) is 0 Å². The molecule has 0 bridgehead atoms. The average molecular weight is 304 g/mol. The second-order valence-electron chi connectivity index (χ2n) is 6.20. The standard InChI is InChI=1S/C18H28N2O2/c1-4-22-18-8-7-15(14(3)21)10-16(18)12-20-9-5-6-13(2)17(20)11-19/h7-8,10,13,17H,4-6,9,11-12,19H2,1-3H3. The lowest BCUT2D eigenvalue weighted by atomic mass is 9.90. The number of hydrogen-bond acceptors (Lipinski definition) is 4. The quantitative estimate of drug-likeness (QED) is 0.821. The van der Waals surface area contributed by atoms with Crippen LogP contribution in [0.25, 0.3) is 0 Å². The summed E-state index contributed by atoms with van der Waals surface area (Å²) in [6, 6.07) is 6.14. The summed E-state index contributed by atoms with van der Waals surface area (Å²) in [5.74, 6) is 1.58.